The highest BCUT2D eigenvalue weighted by Crippen LogP contribution is 2.32. The van der Waals surface area contributed by atoms with Crippen molar-refractivity contribution in [1.82, 2.24) is 5.32 Å². The summed E-state index contributed by atoms with van der Waals surface area (Å²) in [4.78, 5) is 2.44. The SMILES string of the molecule is CCCc1cccc(Sc2ccc(CCCC3(CO)CN3)c(Cl)c2)c1.CCc1ccccc1. The first-order chi connectivity index (χ1) is 16.1. The van der Waals surface area contributed by atoms with Crippen molar-refractivity contribution in [3.63, 3.8) is 0 Å². The number of rotatable bonds is 10. The second-order valence-corrected chi connectivity index (χ2v) is 10.3. The van der Waals surface area contributed by atoms with Crippen LogP contribution >= 0.6 is 23.4 Å². The van der Waals surface area contributed by atoms with E-state index in [4.69, 9.17) is 11.6 Å². The number of halogens is 1. The molecule has 1 aliphatic heterocycles. The Balaban J connectivity index is 0.000000323. The lowest BCUT2D eigenvalue weighted by atomic mass is 10.0. The van der Waals surface area contributed by atoms with Crippen LogP contribution in [-0.2, 0) is 19.3 Å². The summed E-state index contributed by atoms with van der Waals surface area (Å²) in [6.45, 7) is 5.53. The molecule has 3 aromatic carbocycles. The molecule has 1 heterocycles. The van der Waals surface area contributed by atoms with Crippen LogP contribution in [0.2, 0.25) is 5.02 Å². The van der Waals surface area contributed by atoms with E-state index in [1.807, 2.05) is 6.07 Å². The van der Waals surface area contributed by atoms with E-state index in [0.717, 1.165) is 43.7 Å². The van der Waals surface area contributed by atoms with Crippen LogP contribution in [0.25, 0.3) is 0 Å². The van der Waals surface area contributed by atoms with Crippen LogP contribution in [-0.4, -0.2) is 23.8 Å². The summed E-state index contributed by atoms with van der Waals surface area (Å²) in [7, 11) is 0. The van der Waals surface area contributed by atoms with Crippen LogP contribution in [0.3, 0.4) is 0 Å². The minimum atomic E-state index is -0.00816. The van der Waals surface area contributed by atoms with Crippen LogP contribution in [0, 0.1) is 0 Å². The molecule has 176 valence electrons. The minimum absolute atomic E-state index is 0.00816. The smallest absolute Gasteiger partial charge is 0.0625 e. The topological polar surface area (TPSA) is 42.2 Å². The van der Waals surface area contributed by atoms with Crippen LogP contribution in [0.5, 0.6) is 0 Å². The Labute approximate surface area is 208 Å². The second-order valence-electron chi connectivity index (χ2n) is 8.74. The van der Waals surface area contributed by atoms with Gasteiger partial charge >= 0.3 is 0 Å². The Kier molecular flexibility index (Phi) is 10.3. The molecule has 1 unspecified atom stereocenters. The van der Waals surface area contributed by atoms with Crippen LogP contribution in [0.4, 0.5) is 0 Å². The molecule has 1 atom stereocenters. The maximum Gasteiger partial charge on any atom is 0.0625 e. The van der Waals surface area contributed by atoms with Gasteiger partial charge in [0.25, 0.3) is 0 Å². The molecule has 0 aromatic heterocycles. The molecular formula is C29H36ClNOS. The normalized spacial score (nSPS) is 16.7. The molecule has 0 spiro atoms. The Bertz CT molecular complexity index is 988. The summed E-state index contributed by atoms with van der Waals surface area (Å²) in [5, 5.41) is 13.5. The van der Waals surface area contributed by atoms with Crippen molar-refractivity contribution in [3.8, 4) is 0 Å². The van der Waals surface area contributed by atoms with Gasteiger partial charge in [0.05, 0.1) is 12.1 Å². The number of aliphatic hydroxyl groups is 1. The molecule has 4 rings (SSSR count). The maximum absolute atomic E-state index is 9.35. The van der Waals surface area contributed by atoms with Gasteiger partial charge in [-0.15, -0.1) is 0 Å². The lowest BCUT2D eigenvalue weighted by molar-refractivity contribution is 0.242. The van der Waals surface area contributed by atoms with Crippen molar-refractivity contribution < 1.29 is 5.11 Å². The highest BCUT2D eigenvalue weighted by molar-refractivity contribution is 7.99. The molecule has 0 aliphatic carbocycles. The zero-order valence-electron chi connectivity index (χ0n) is 19.8. The van der Waals surface area contributed by atoms with Crippen molar-refractivity contribution >= 4 is 23.4 Å². The van der Waals surface area contributed by atoms with Gasteiger partial charge in [0.2, 0.25) is 0 Å². The minimum Gasteiger partial charge on any atom is -0.394 e. The number of aryl methyl sites for hydroxylation is 3. The lowest BCUT2D eigenvalue weighted by Crippen LogP contribution is -2.20. The largest absolute Gasteiger partial charge is 0.394 e. The number of benzene rings is 3. The van der Waals surface area contributed by atoms with E-state index >= 15 is 0 Å². The lowest BCUT2D eigenvalue weighted by Gasteiger charge is -2.11. The standard InChI is InChI=1S/C21H26ClNOS.C8H10/c1-2-5-16-6-3-8-18(12-16)25-19-10-9-17(20(22)13-19)7-4-11-21(15-24)14-23-21;1-2-8-6-4-3-5-7-8/h3,6,8-10,12-13,23-24H,2,4-5,7,11,14-15H2,1H3;3-7H,2H2,1H3. The average molecular weight is 482 g/mol. The van der Waals surface area contributed by atoms with Gasteiger partial charge in [-0.25, -0.2) is 0 Å². The predicted octanol–water partition coefficient (Wildman–Crippen LogP) is 7.35. The van der Waals surface area contributed by atoms with E-state index in [1.54, 1.807) is 11.8 Å². The Morgan fingerprint density at radius 1 is 0.909 bits per heavy atom. The summed E-state index contributed by atoms with van der Waals surface area (Å²) in [6, 6.07) is 25.6. The number of hydrogen-bond donors (Lipinski definition) is 2. The highest BCUT2D eigenvalue weighted by atomic mass is 35.5. The molecule has 4 heteroatoms. The molecule has 3 aromatic rings. The summed E-state index contributed by atoms with van der Waals surface area (Å²) in [5.74, 6) is 0. The molecule has 33 heavy (non-hydrogen) atoms. The van der Waals surface area contributed by atoms with E-state index in [0.29, 0.717) is 0 Å². The molecule has 1 aliphatic rings. The van der Waals surface area contributed by atoms with E-state index in [-0.39, 0.29) is 12.1 Å². The third-order valence-electron chi connectivity index (χ3n) is 6.03. The molecule has 2 N–H and O–H groups in total. The van der Waals surface area contributed by atoms with Gasteiger partial charge < -0.3 is 10.4 Å². The molecule has 0 saturated carbocycles. The van der Waals surface area contributed by atoms with E-state index < -0.39 is 0 Å². The third kappa shape index (κ3) is 8.50. The fourth-order valence-corrected chi connectivity index (χ4v) is 5.09. The molecule has 0 amide bonds. The number of nitrogens with one attached hydrogen (secondary N) is 1. The van der Waals surface area contributed by atoms with Crippen molar-refractivity contribution in [3.05, 3.63) is 94.5 Å². The van der Waals surface area contributed by atoms with Crippen LogP contribution in [0.1, 0.15) is 49.8 Å². The van der Waals surface area contributed by atoms with Crippen molar-refractivity contribution in [2.75, 3.05) is 13.2 Å². The number of hydrogen-bond acceptors (Lipinski definition) is 3. The molecular weight excluding hydrogens is 446 g/mol. The second kappa shape index (κ2) is 13.2. The molecule has 1 saturated heterocycles. The fraction of sp³-hybridized carbons (Fsp3) is 0.379. The van der Waals surface area contributed by atoms with Crippen molar-refractivity contribution in [2.45, 2.75) is 67.7 Å². The van der Waals surface area contributed by atoms with Crippen LogP contribution in [0.15, 0.2) is 82.6 Å². The van der Waals surface area contributed by atoms with E-state index in [2.05, 4.69) is 85.9 Å². The fourth-order valence-electron chi connectivity index (χ4n) is 3.81. The zero-order chi connectivity index (χ0) is 23.5. The van der Waals surface area contributed by atoms with Crippen LogP contribution < -0.4 is 5.32 Å². The third-order valence-corrected chi connectivity index (χ3v) is 7.36. The Morgan fingerprint density at radius 2 is 1.64 bits per heavy atom. The Hall–Kier alpha value is -1.78. The first-order valence-corrected chi connectivity index (χ1v) is 13.2. The molecule has 0 bridgehead atoms. The Morgan fingerprint density at radius 3 is 2.24 bits per heavy atom. The summed E-state index contributed by atoms with van der Waals surface area (Å²) in [6.07, 6.45) is 6.43. The van der Waals surface area contributed by atoms with Gasteiger partial charge in [0.1, 0.15) is 0 Å². The monoisotopic (exact) mass is 481 g/mol. The first-order valence-electron chi connectivity index (χ1n) is 12.0. The zero-order valence-corrected chi connectivity index (χ0v) is 21.4. The van der Waals surface area contributed by atoms with Gasteiger partial charge in [-0.3, -0.25) is 0 Å². The van der Waals surface area contributed by atoms with Gasteiger partial charge in [0, 0.05) is 21.4 Å². The summed E-state index contributed by atoms with van der Waals surface area (Å²) in [5.41, 5.74) is 3.99. The summed E-state index contributed by atoms with van der Waals surface area (Å²) < 4.78 is 0. The van der Waals surface area contributed by atoms with E-state index in [1.165, 1.54) is 32.9 Å². The van der Waals surface area contributed by atoms with Gasteiger partial charge in [-0.05, 0) is 73.1 Å². The predicted molar refractivity (Wildman–Crippen MR) is 143 cm³/mol. The first kappa shape index (κ1) is 25.8. The van der Waals surface area contributed by atoms with Crippen molar-refractivity contribution in [1.29, 1.82) is 0 Å². The quantitative estimate of drug-likeness (QED) is 0.297. The molecule has 1 fully saturated rings. The molecule has 0 radical (unpaired) electrons. The van der Waals surface area contributed by atoms with Gasteiger partial charge in [0.15, 0.2) is 0 Å². The van der Waals surface area contributed by atoms with Gasteiger partial charge in [-0.1, -0.05) is 92.2 Å². The maximum atomic E-state index is 9.35. The summed E-state index contributed by atoms with van der Waals surface area (Å²) >= 11 is 8.26. The average Bonchev–Trinajstić information content (AvgIpc) is 3.62. The molecule has 2 nitrogen and oxygen atoms in total. The van der Waals surface area contributed by atoms with Crippen molar-refractivity contribution in [2.24, 2.45) is 0 Å². The highest BCUT2D eigenvalue weighted by Gasteiger charge is 2.40. The van der Waals surface area contributed by atoms with Gasteiger partial charge in [-0.2, -0.15) is 0 Å². The van der Waals surface area contributed by atoms with E-state index in [9.17, 15) is 5.11 Å². The number of aliphatic hydroxyl groups excluding tert-OH is 1.